The van der Waals surface area contributed by atoms with Crippen LogP contribution in [0.2, 0.25) is 0 Å². The van der Waals surface area contributed by atoms with E-state index in [0.717, 1.165) is 17.0 Å². The Morgan fingerprint density at radius 1 is 1.29 bits per heavy atom. The maximum absolute atomic E-state index is 10.5. The van der Waals surface area contributed by atoms with Crippen molar-refractivity contribution in [3.8, 4) is 11.3 Å². The van der Waals surface area contributed by atoms with Gasteiger partial charge in [-0.05, 0) is 6.92 Å². The molecule has 88 valence electrons. The molecule has 0 aliphatic rings. The molecular weight excluding hydrogens is 218 g/mol. The van der Waals surface area contributed by atoms with Gasteiger partial charge in [0.15, 0.2) is 0 Å². The van der Waals surface area contributed by atoms with Gasteiger partial charge in [-0.3, -0.25) is 4.79 Å². The minimum Gasteiger partial charge on any atom is -0.481 e. The number of aliphatic carboxylic acids is 1. The summed E-state index contributed by atoms with van der Waals surface area (Å²) < 4.78 is 0. The van der Waals surface area contributed by atoms with Crippen LogP contribution in [0.4, 0.5) is 0 Å². The van der Waals surface area contributed by atoms with E-state index in [2.05, 4.69) is 10.2 Å². The first kappa shape index (κ1) is 11.3. The SMILES string of the molecule is Cc1nn(CCC(=O)O)nc1-c1ccccc1. The first-order chi connectivity index (χ1) is 8.16. The van der Waals surface area contributed by atoms with Crippen LogP contribution < -0.4 is 0 Å². The van der Waals surface area contributed by atoms with Gasteiger partial charge in [-0.25, -0.2) is 0 Å². The molecule has 1 heterocycles. The molecule has 5 nitrogen and oxygen atoms in total. The summed E-state index contributed by atoms with van der Waals surface area (Å²) in [6.07, 6.45) is 0.0301. The molecule has 5 heteroatoms. The third-order valence-electron chi connectivity index (χ3n) is 2.40. The molecule has 2 rings (SSSR count). The highest BCUT2D eigenvalue weighted by atomic mass is 16.4. The Morgan fingerprint density at radius 3 is 2.65 bits per heavy atom. The van der Waals surface area contributed by atoms with Crippen molar-refractivity contribution in [2.75, 3.05) is 0 Å². The smallest absolute Gasteiger partial charge is 0.305 e. The fraction of sp³-hybridized carbons (Fsp3) is 0.250. The zero-order chi connectivity index (χ0) is 12.3. The number of carbonyl (C=O) groups is 1. The van der Waals surface area contributed by atoms with E-state index in [0.29, 0.717) is 6.54 Å². The Morgan fingerprint density at radius 2 is 2.00 bits per heavy atom. The van der Waals surface area contributed by atoms with Crippen LogP contribution in [-0.2, 0) is 11.3 Å². The molecule has 0 fully saturated rings. The Kier molecular flexibility index (Phi) is 3.18. The molecule has 17 heavy (non-hydrogen) atoms. The average Bonchev–Trinajstić information content (AvgIpc) is 2.69. The number of aromatic nitrogens is 3. The second-order valence-electron chi connectivity index (χ2n) is 3.74. The van der Waals surface area contributed by atoms with E-state index in [4.69, 9.17) is 5.11 Å². The second-order valence-corrected chi connectivity index (χ2v) is 3.74. The van der Waals surface area contributed by atoms with Crippen LogP contribution in [0, 0.1) is 6.92 Å². The number of aryl methyl sites for hydroxylation is 2. The van der Waals surface area contributed by atoms with E-state index in [-0.39, 0.29) is 6.42 Å². The second kappa shape index (κ2) is 4.78. The van der Waals surface area contributed by atoms with Crippen LogP contribution in [0.1, 0.15) is 12.1 Å². The monoisotopic (exact) mass is 231 g/mol. The predicted octanol–water partition coefficient (Wildman–Crippen LogP) is 1.73. The number of benzene rings is 1. The molecule has 1 aromatic heterocycles. The first-order valence-electron chi connectivity index (χ1n) is 5.36. The van der Waals surface area contributed by atoms with E-state index < -0.39 is 5.97 Å². The zero-order valence-corrected chi connectivity index (χ0v) is 9.50. The highest BCUT2D eigenvalue weighted by Gasteiger charge is 2.09. The van der Waals surface area contributed by atoms with Crippen molar-refractivity contribution in [3.05, 3.63) is 36.0 Å². The van der Waals surface area contributed by atoms with Gasteiger partial charge in [0.1, 0.15) is 5.69 Å². The fourth-order valence-corrected chi connectivity index (χ4v) is 1.59. The third-order valence-corrected chi connectivity index (χ3v) is 2.40. The highest BCUT2D eigenvalue weighted by Crippen LogP contribution is 2.18. The van der Waals surface area contributed by atoms with Gasteiger partial charge in [-0.15, -0.1) is 0 Å². The quantitative estimate of drug-likeness (QED) is 0.870. The number of carboxylic acids is 1. The topological polar surface area (TPSA) is 68.0 Å². The lowest BCUT2D eigenvalue weighted by atomic mass is 10.1. The lowest BCUT2D eigenvalue weighted by Gasteiger charge is -1.96. The van der Waals surface area contributed by atoms with Crippen molar-refractivity contribution in [1.82, 2.24) is 15.0 Å². The number of hydrogen-bond donors (Lipinski definition) is 1. The number of carboxylic acid groups (broad SMARTS) is 1. The van der Waals surface area contributed by atoms with Gasteiger partial charge in [0.2, 0.25) is 0 Å². The minimum atomic E-state index is -0.846. The van der Waals surface area contributed by atoms with Gasteiger partial charge in [-0.1, -0.05) is 30.3 Å². The van der Waals surface area contributed by atoms with E-state index in [1.54, 1.807) is 0 Å². The Hall–Kier alpha value is -2.17. The molecular formula is C12H13N3O2. The van der Waals surface area contributed by atoms with Crippen molar-refractivity contribution in [3.63, 3.8) is 0 Å². The summed E-state index contributed by atoms with van der Waals surface area (Å²) in [4.78, 5) is 11.9. The van der Waals surface area contributed by atoms with Crippen LogP contribution in [-0.4, -0.2) is 26.1 Å². The molecule has 0 unspecified atom stereocenters. The molecule has 1 N–H and O–H groups in total. The molecule has 1 aromatic carbocycles. The van der Waals surface area contributed by atoms with Gasteiger partial charge >= 0.3 is 5.97 Å². The molecule has 2 aromatic rings. The van der Waals surface area contributed by atoms with Crippen molar-refractivity contribution in [2.45, 2.75) is 19.9 Å². The molecule has 0 saturated heterocycles. The van der Waals surface area contributed by atoms with Crippen LogP contribution >= 0.6 is 0 Å². The molecule has 0 saturated carbocycles. The largest absolute Gasteiger partial charge is 0.481 e. The van der Waals surface area contributed by atoms with E-state index in [1.165, 1.54) is 4.80 Å². The third kappa shape index (κ3) is 2.69. The van der Waals surface area contributed by atoms with Crippen LogP contribution in [0.25, 0.3) is 11.3 Å². The standard InChI is InChI=1S/C12H13N3O2/c1-9-12(10-5-3-2-4-6-10)14-15(13-9)8-7-11(16)17/h2-6H,7-8H2,1H3,(H,16,17). The fourth-order valence-electron chi connectivity index (χ4n) is 1.59. The highest BCUT2D eigenvalue weighted by molar-refractivity contribution is 5.66. The lowest BCUT2D eigenvalue weighted by Crippen LogP contribution is -2.07. The number of rotatable bonds is 4. The zero-order valence-electron chi connectivity index (χ0n) is 9.50. The molecule has 0 aliphatic carbocycles. The van der Waals surface area contributed by atoms with E-state index in [1.807, 2.05) is 37.3 Å². The van der Waals surface area contributed by atoms with Gasteiger partial charge in [-0.2, -0.15) is 15.0 Å². The summed E-state index contributed by atoms with van der Waals surface area (Å²) in [5.74, 6) is -0.846. The van der Waals surface area contributed by atoms with E-state index in [9.17, 15) is 4.79 Å². The molecule has 0 bridgehead atoms. The maximum atomic E-state index is 10.5. The summed E-state index contributed by atoms with van der Waals surface area (Å²) in [6.45, 7) is 2.16. The Bertz CT molecular complexity index is 520. The van der Waals surface area contributed by atoms with Gasteiger partial charge < -0.3 is 5.11 Å². The minimum absolute atomic E-state index is 0.0301. The van der Waals surface area contributed by atoms with Crippen molar-refractivity contribution in [2.24, 2.45) is 0 Å². The molecule has 0 atom stereocenters. The van der Waals surface area contributed by atoms with Crippen molar-refractivity contribution < 1.29 is 9.90 Å². The number of hydrogen-bond acceptors (Lipinski definition) is 3. The molecule has 0 radical (unpaired) electrons. The Balaban J connectivity index is 2.22. The summed E-state index contributed by atoms with van der Waals surface area (Å²) in [5, 5.41) is 17.1. The first-order valence-corrected chi connectivity index (χ1v) is 5.36. The maximum Gasteiger partial charge on any atom is 0.305 e. The van der Waals surface area contributed by atoms with Crippen molar-refractivity contribution >= 4 is 5.97 Å². The molecule has 0 amide bonds. The van der Waals surface area contributed by atoms with Gasteiger partial charge in [0.25, 0.3) is 0 Å². The van der Waals surface area contributed by atoms with Gasteiger partial charge in [0.05, 0.1) is 18.7 Å². The van der Waals surface area contributed by atoms with Crippen molar-refractivity contribution in [1.29, 1.82) is 0 Å². The summed E-state index contributed by atoms with van der Waals surface area (Å²) in [6, 6.07) is 9.72. The number of nitrogens with zero attached hydrogens (tertiary/aromatic N) is 3. The summed E-state index contributed by atoms with van der Waals surface area (Å²) in [7, 11) is 0. The average molecular weight is 231 g/mol. The van der Waals surface area contributed by atoms with E-state index >= 15 is 0 Å². The predicted molar refractivity (Wildman–Crippen MR) is 62.4 cm³/mol. The lowest BCUT2D eigenvalue weighted by molar-refractivity contribution is -0.137. The summed E-state index contributed by atoms with van der Waals surface area (Å²) >= 11 is 0. The molecule has 0 spiro atoms. The Labute approximate surface area is 98.7 Å². The van der Waals surface area contributed by atoms with Crippen LogP contribution in [0.5, 0.6) is 0 Å². The van der Waals surface area contributed by atoms with Crippen LogP contribution in [0.15, 0.2) is 30.3 Å². The van der Waals surface area contributed by atoms with Gasteiger partial charge in [0, 0.05) is 5.56 Å². The normalized spacial score (nSPS) is 10.4. The van der Waals surface area contributed by atoms with Crippen LogP contribution in [0.3, 0.4) is 0 Å². The summed E-state index contributed by atoms with van der Waals surface area (Å²) in [5.41, 5.74) is 2.60. The molecule has 0 aliphatic heterocycles.